The van der Waals surface area contributed by atoms with Crippen molar-refractivity contribution in [1.82, 2.24) is 0 Å². The summed E-state index contributed by atoms with van der Waals surface area (Å²) >= 11 is 3.44. The fraction of sp³-hybridized carbons (Fsp3) is 0.562. The van der Waals surface area contributed by atoms with Crippen LogP contribution in [0.25, 0.3) is 0 Å². The molecule has 1 aromatic carbocycles. The summed E-state index contributed by atoms with van der Waals surface area (Å²) in [6.07, 6.45) is 6.61. The summed E-state index contributed by atoms with van der Waals surface area (Å²) in [5.41, 5.74) is 1.29. The van der Waals surface area contributed by atoms with Crippen molar-refractivity contribution >= 4 is 27.6 Å². The molecule has 2 N–H and O–H groups in total. The number of hydrogen-bond acceptors (Lipinski definition) is 2. The summed E-state index contributed by atoms with van der Waals surface area (Å²) in [7, 11) is 0. The molecule has 0 aromatic heterocycles. The number of aromatic carboxylic acids is 1. The fourth-order valence-electron chi connectivity index (χ4n) is 2.89. The Morgan fingerprint density at radius 2 is 1.95 bits per heavy atom. The summed E-state index contributed by atoms with van der Waals surface area (Å²) in [6.45, 7) is 3.26. The van der Waals surface area contributed by atoms with Crippen LogP contribution in [0.1, 0.15) is 49.4 Å². The number of hydrogen-bond donors (Lipinski definition) is 2. The fourth-order valence-corrected chi connectivity index (χ4v) is 3.41. The molecule has 0 unspecified atom stereocenters. The second-order valence-electron chi connectivity index (χ2n) is 5.68. The van der Waals surface area contributed by atoms with Crippen LogP contribution in [0, 0.1) is 11.8 Å². The van der Waals surface area contributed by atoms with E-state index in [0.29, 0.717) is 5.56 Å². The third-order valence-corrected chi connectivity index (χ3v) is 5.00. The van der Waals surface area contributed by atoms with Crippen molar-refractivity contribution in [1.29, 1.82) is 0 Å². The number of carboxylic acids is 1. The number of carboxylic acid groups (broad SMARTS) is 1. The van der Waals surface area contributed by atoms with Crippen LogP contribution in [0.5, 0.6) is 0 Å². The number of benzene rings is 1. The van der Waals surface area contributed by atoms with Crippen molar-refractivity contribution in [3.63, 3.8) is 0 Å². The third-order valence-electron chi connectivity index (χ3n) is 4.34. The lowest BCUT2D eigenvalue weighted by atomic mass is 9.81. The van der Waals surface area contributed by atoms with Crippen LogP contribution in [0.15, 0.2) is 22.7 Å². The summed E-state index contributed by atoms with van der Waals surface area (Å²) in [4.78, 5) is 10.9. The van der Waals surface area contributed by atoms with Crippen LogP contribution in [-0.2, 0) is 0 Å². The molecule has 0 amide bonds. The SMILES string of the molecule is CCC1CCC(CNc2ccc(C(=O)O)cc2Br)CC1. The first-order valence-corrected chi connectivity index (χ1v) is 8.16. The Morgan fingerprint density at radius 3 is 2.50 bits per heavy atom. The van der Waals surface area contributed by atoms with Gasteiger partial charge in [-0.05, 0) is 58.8 Å². The molecule has 2 rings (SSSR count). The van der Waals surface area contributed by atoms with Gasteiger partial charge in [0.25, 0.3) is 0 Å². The highest BCUT2D eigenvalue weighted by Gasteiger charge is 2.19. The maximum Gasteiger partial charge on any atom is 0.335 e. The van der Waals surface area contributed by atoms with Gasteiger partial charge in [0.15, 0.2) is 0 Å². The minimum absolute atomic E-state index is 0.311. The molecule has 3 nitrogen and oxygen atoms in total. The van der Waals surface area contributed by atoms with E-state index >= 15 is 0 Å². The molecule has 0 heterocycles. The third kappa shape index (κ3) is 3.98. The molecule has 0 saturated heterocycles. The molecule has 0 aliphatic heterocycles. The van der Waals surface area contributed by atoms with Crippen molar-refractivity contribution in [2.24, 2.45) is 11.8 Å². The molecule has 1 aliphatic carbocycles. The van der Waals surface area contributed by atoms with E-state index in [4.69, 9.17) is 5.11 Å². The van der Waals surface area contributed by atoms with E-state index in [1.54, 1.807) is 12.1 Å². The first-order chi connectivity index (χ1) is 9.60. The Kier molecular flexibility index (Phi) is 5.46. The normalized spacial score (nSPS) is 22.5. The number of nitrogens with one attached hydrogen (secondary N) is 1. The standard InChI is InChI=1S/C16H22BrNO2/c1-2-11-3-5-12(6-4-11)10-18-15-8-7-13(16(19)20)9-14(15)17/h7-9,11-12,18H,2-6,10H2,1H3,(H,19,20). The molecule has 1 aromatic rings. The van der Waals surface area contributed by atoms with Gasteiger partial charge in [-0.1, -0.05) is 26.2 Å². The molecule has 20 heavy (non-hydrogen) atoms. The summed E-state index contributed by atoms with van der Waals surface area (Å²) in [5.74, 6) is 0.770. The monoisotopic (exact) mass is 339 g/mol. The molecule has 1 saturated carbocycles. The van der Waals surface area contributed by atoms with Crippen LogP contribution in [0.4, 0.5) is 5.69 Å². The largest absolute Gasteiger partial charge is 0.478 e. The predicted octanol–water partition coefficient (Wildman–Crippen LogP) is 4.78. The Labute approximate surface area is 128 Å². The molecule has 110 valence electrons. The van der Waals surface area contributed by atoms with Gasteiger partial charge in [-0.2, -0.15) is 0 Å². The molecule has 0 atom stereocenters. The van der Waals surface area contributed by atoms with E-state index in [1.807, 2.05) is 6.07 Å². The van der Waals surface area contributed by atoms with E-state index in [9.17, 15) is 4.79 Å². The van der Waals surface area contributed by atoms with Gasteiger partial charge in [0.1, 0.15) is 0 Å². The van der Waals surface area contributed by atoms with Crippen LogP contribution in [0.2, 0.25) is 0 Å². The van der Waals surface area contributed by atoms with Crippen LogP contribution in [-0.4, -0.2) is 17.6 Å². The zero-order valence-corrected chi connectivity index (χ0v) is 13.4. The Morgan fingerprint density at radius 1 is 1.30 bits per heavy atom. The lowest BCUT2D eigenvalue weighted by Crippen LogP contribution is -2.21. The molecule has 0 spiro atoms. The Balaban J connectivity index is 1.87. The Bertz CT molecular complexity index is 468. The number of halogens is 1. The minimum Gasteiger partial charge on any atom is -0.478 e. The number of anilines is 1. The van der Waals surface area contributed by atoms with Crippen molar-refractivity contribution in [2.75, 3.05) is 11.9 Å². The quantitative estimate of drug-likeness (QED) is 0.811. The van der Waals surface area contributed by atoms with Gasteiger partial charge in [0.2, 0.25) is 0 Å². The van der Waals surface area contributed by atoms with Crippen molar-refractivity contribution in [3.8, 4) is 0 Å². The second kappa shape index (κ2) is 7.11. The first kappa shape index (κ1) is 15.4. The van der Waals surface area contributed by atoms with Crippen molar-refractivity contribution in [3.05, 3.63) is 28.2 Å². The molecule has 0 bridgehead atoms. The van der Waals surface area contributed by atoms with Gasteiger partial charge < -0.3 is 10.4 Å². The van der Waals surface area contributed by atoms with Gasteiger partial charge in [0.05, 0.1) is 5.56 Å². The maximum absolute atomic E-state index is 10.9. The van der Waals surface area contributed by atoms with Crippen LogP contribution >= 0.6 is 15.9 Å². The van der Waals surface area contributed by atoms with E-state index in [1.165, 1.54) is 32.1 Å². The van der Waals surface area contributed by atoms with Crippen LogP contribution < -0.4 is 5.32 Å². The van der Waals surface area contributed by atoms with E-state index < -0.39 is 5.97 Å². The van der Waals surface area contributed by atoms with Gasteiger partial charge >= 0.3 is 5.97 Å². The maximum atomic E-state index is 10.9. The van der Waals surface area contributed by atoms with Gasteiger partial charge in [-0.25, -0.2) is 4.79 Å². The summed E-state index contributed by atoms with van der Waals surface area (Å²) in [5, 5.41) is 12.4. The first-order valence-electron chi connectivity index (χ1n) is 7.36. The molecule has 0 radical (unpaired) electrons. The lowest BCUT2D eigenvalue weighted by molar-refractivity contribution is 0.0697. The second-order valence-corrected chi connectivity index (χ2v) is 6.53. The van der Waals surface area contributed by atoms with Crippen molar-refractivity contribution < 1.29 is 9.90 Å². The topological polar surface area (TPSA) is 49.3 Å². The Hall–Kier alpha value is -1.03. The van der Waals surface area contributed by atoms with E-state index in [0.717, 1.165) is 28.5 Å². The van der Waals surface area contributed by atoms with Gasteiger partial charge in [-0.3, -0.25) is 0 Å². The minimum atomic E-state index is -0.893. The zero-order chi connectivity index (χ0) is 14.5. The van der Waals surface area contributed by atoms with E-state index in [-0.39, 0.29) is 0 Å². The molecule has 1 fully saturated rings. The number of rotatable bonds is 5. The number of carbonyl (C=O) groups is 1. The van der Waals surface area contributed by atoms with Gasteiger partial charge in [-0.15, -0.1) is 0 Å². The predicted molar refractivity (Wildman–Crippen MR) is 85.3 cm³/mol. The average molecular weight is 340 g/mol. The molecule has 1 aliphatic rings. The van der Waals surface area contributed by atoms with Crippen LogP contribution in [0.3, 0.4) is 0 Å². The van der Waals surface area contributed by atoms with Gasteiger partial charge in [0, 0.05) is 16.7 Å². The lowest BCUT2D eigenvalue weighted by Gasteiger charge is -2.28. The molecular weight excluding hydrogens is 318 g/mol. The average Bonchev–Trinajstić information content (AvgIpc) is 2.46. The molecule has 4 heteroatoms. The summed E-state index contributed by atoms with van der Waals surface area (Å²) < 4.78 is 0.819. The zero-order valence-electron chi connectivity index (χ0n) is 11.9. The highest BCUT2D eigenvalue weighted by molar-refractivity contribution is 9.10. The van der Waals surface area contributed by atoms with Crippen molar-refractivity contribution in [2.45, 2.75) is 39.0 Å². The molecular formula is C16H22BrNO2. The smallest absolute Gasteiger partial charge is 0.335 e. The van der Waals surface area contributed by atoms with E-state index in [2.05, 4.69) is 28.2 Å². The highest BCUT2D eigenvalue weighted by Crippen LogP contribution is 2.31. The highest BCUT2D eigenvalue weighted by atomic mass is 79.9. The summed E-state index contributed by atoms with van der Waals surface area (Å²) in [6, 6.07) is 5.13.